The highest BCUT2D eigenvalue weighted by molar-refractivity contribution is 7.16. The minimum absolute atomic E-state index is 0.00120. The Bertz CT molecular complexity index is 1510. The van der Waals surface area contributed by atoms with E-state index in [-0.39, 0.29) is 17.6 Å². The number of nitrogen functional groups attached to an aromatic ring is 1. The van der Waals surface area contributed by atoms with Crippen molar-refractivity contribution in [2.75, 3.05) is 30.3 Å². The summed E-state index contributed by atoms with van der Waals surface area (Å²) in [4.78, 5) is 27.5. The first-order chi connectivity index (χ1) is 19.6. The molecule has 1 amide bonds. The van der Waals surface area contributed by atoms with Gasteiger partial charge >= 0.3 is 6.09 Å². The van der Waals surface area contributed by atoms with E-state index in [9.17, 15) is 10.1 Å². The third kappa shape index (κ3) is 4.82. The number of anilines is 2. The van der Waals surface area contributed by atoms with Gasteiger partial charge in [-0.2, -0.15) is 5.26 Å². The van der Waals surface area contributed by atoms with Crippen molar-refractivity contribution in [3.05, 3.63) is 39.5 Å². The van der Waals surface area contributed by atoms with Crippen LogP contribution in [-0.2, 0) is 23.0 Å². The SMILES string of the molecule is C[C@H]1CN(C(=O)OC(C)(C)C)CCCN1c1nccc(-c2onc3c2CCC[C@@]32CCCc3sc(N)c(C#N)c32)n1. The van der Waals surface area contributed by atoms with Gasteiger partial charge in [-0.3, -0.25) is 0 Å². The number of aryl methyl sites for hydroxylation is 1. The molecule has 1 aliphatic heterocycles. The number of hydrogen-bond donors (Lipinski definition) is 1. The number of thiophene rings is 1. The van der Waals surface area contributed by atoms with Crippen molar-refractivity contribution < 1.29 is 14.1 Å². The highest BCUT2D eigenvalue weighted by atomic mass is 32.1. The Labute approximate surface area is 244 Å². The quantitative estimate of drug-likeness (QED) is 0.424. The van der Waals surface area contributed by atoms with E-state index in [1.807, 2.05) is 26.8 Å². The number of nitrogens with two attached hydrogens (primary N) is 1. The number of nitrogens with zero attached hydrogens (tertiary/aromatic N) is 6. The second kappa shape index (κ2) is 10.3. The fraction of sp³-hybridized carbons (Fsp3) is 0.567. The molecule has 0 aromatic carbocycles. The largest absolute Gasteiger partial charge is 0.444 e. The van der Waals surface area contributed by atoms with Crippen LogP contribution in [0.25, 0.3) is 11.5 Å². The Morgan fingerprint density at radius 3 is 2.78 bits per heavy atom. The Kier molecular flexibility index (Phi) is 6.92. The zero-order valence-corrected chi connectivity index (χ0v) is 25.0. The molecule has 1 saturated heterocycles. The number of aromatic nitrogens is 3. The van der Waals surface area contributed by atoms with Crippen LogP contribution in [0.3, 0.4) is 0 Å². The molecule has 41 heavy (non-hydrogen) atoms. The van der Waals surface area contributed by atoms with Crippen LogP contribution in [0, 0.1) is 11.3 Å². The second-order valence-electron chi connectivity index (χ2n) is 12.4. The van der Waals surface area contributed by atoms with Crippen molar-refractivity contribution in [2.24, 2.45) is 0 Å². The average molecular weight is 576 g/mol. The van der Waals surface area contributed by atoms with Crippen LogP contribution < -0.4 is 10.6 Å². The van der Waals surface area contributed by atoms with E-state index in [0.29, 0.717) is 41.1 Å². The monoisotopic (exact) mass is 575 g/mol. The van der Waals surface area contributed by atoms with Crippen LogP contribution in [0.5, 0.6) is 0 Å². The highest BCUT2D eigenvalue weighted by Gasteiger charge is 2.48. The zero-order valence-electron chi connectivity index (χ0n) is 24.2. The van der Waals surface area contributed by atoms with Gasteiger partial charge in [-0.25, -0.2) is 14.8 Å². The highest BCUT2D eigenvalue weighted by Crippen LogP contribution is 2.54. The fourth-order valence-electron chi connectivity index (χ4n) is 6.82. The average Bonchev–Trinajstić information content (AvgIpc) is 3.45. The van der Waals surface area contributed by atoms with Crippen LogP contribution in [0.15, 0.2) is 16.8 Å². The molecule has 3 aromatic heterocycles. The molecule has 2 atom stereocenters. The van der Waals surface area contributed by atoms with Crippen molar-refractivity contribution >= 4 is 28.4 Å². The molecule has 10 nitrogen and oxygen atoms in total. The number of fused-ring (bicyclic) bond motifs is 4. The van der Waals surface area contributed by atoms with E-state index in [0.717, 1.165) is 68.3 Å². The van der Waals surface area contributed by atoms with Gasteiger partial charge in [0.05, 0.1) is 11.3 Å². The molecule has 4 heterocycles. The molecule has 0 bridgehead atoms. The molecule has 11 heteroatoms. The number of rotatable bonds is 2. The molecule has 2 aliphatic carbocycles. The summed E-state index contributed by atoms with van der Waals surface area (Å²) in [5.41, 5.74) is 9.81. The second-order valence-corrected chi connectivity index (χ2v) is 13.6. The lowest BCUT2D eigenvalue weighted by Gasteiger charge is -2.39. The molecule has 0 saturated carbocycles. The van der Waals surface area contributed by atoms with Gasteiger partial charge in [-0.05, 0) is 84.3 Å². The van der Waals surface area contributed by atoms with Crippen molar-refractivity contribution in [2.45, 2.75) is 89.7 Å². The molecule has 6 rings (SSSR count). The summed E-state index contributed by atoms with van der Waals surface area (Å²) in [5, 5.41) is 15.3. The van der Waals surface area contributed by atoms with E-state index < -0.39 is 5.60 Å². The Balaban J connectivity index is 1.31. The number of nitriles is 1. The van der Waals surface area contributed by atoms with E-state index in [1.165, 1.54) is 4.88 Å². The summed E-state index contributed by atoms with van der Waals surface area (Å²) in [6.07, 6.45) is 7.91. The summed E-state index contributed by atoms with van der Waals surface area (Å²) in [5.74, 6) is 1.28. The maximum absolute atomic E-state index is 12.8. The van der Waals surface area contributed by atoms with Gasteiger partial charge in [0.15, 0.2) is 5.76 Å². The van der Waals surface area contributed by atoms with Gasteiger partial charge in [0, 0.05) is 47.7 Å². The molecule has 1 fully saturated rings. The van der Waals surface area contributed by atoms with Gasteiger partial charge in [0.2, 0.25) is 5.95 Å². The summed E-state index contributed by atoms with van der Waals surface area (Å²) < 4.78 is 11.7. The molecule has 0 radical (unpaired) electrons. The third-order valence-corrected chi connectivity index (χ3v) is 9.58. The topological polar surface area (TPSA) is 134 Å². The fourth-order valence-corrected chi connectivity index (χ4v) is 7.98. The number of carbonyl (C=O) groups excluding carboxylic acids is 1. The first-order valence-electron chi connectivity index (χ1n) is 14.5. The van der Waals surface area contributed by atoms with E-state index >= 15 is 0 Å². The Hall–Kier alpha value is -3.65. The van der Waals surface area contributed by atoms with Crippen molar-refractivity contribution in [3.63, 3.8) is 0 Å². The molecule has 216 valence electrons. The first kappa shape index (κ1) is 27.5. The lowest BCUT2D eigenvalue weighted by molar-refractivity contribution is 0.0251. The van der Waals surface area contributed by atoms with Gasteiger partial charge < -0.3 is 24.8 Å². The van der Waals surface area contributed by atoms with Crippen LogP contribution in [0.1, 0.15) is 87.1 Å². The van der Waals surface area contributed by atoms with Gasteiger partial charge in [-0.1, -0.05) is 5.16 Å². The zero-order chi connectivity index (χ0) is 28.9. The lowest BCUT2D eigenvalue weighted by atomic mass is 9.62. The van der Waals surface area contributed by atoms with Crippen LogP contribution in [0.4, 0.5) is 15.7 Å². The van der Waals surface area contributed by atoms with E-state index in [1.54, 1.807) is 22.4 Å². The minimum Gasteiger partial charge on any atom is -0.444 e. The van der Waals surface area contributed by atoms with E-state index in [4.69, 9.17) is 20.0 Å². The number of ether oxygens (including phenoxy) is 1. The van der Waals surface area contributed by atoms with Gasteiger partial charge in [0.25, 0.3) is 0 Å². The number of hydrogen-bond acceptors (Lipinski definition) is 10. The van der Waals surface area contributed by atoms with Gasteiger partial charge in [-0.15, -0.1) is 11.3 Å². The summed E-state index contributed by atoms with van der Waals surface area (Å²) >= 11 is 1.55. The molecule has 3 aliphatic rings. The third-order valence-electron chi connectivity index (χ3n) is 8.51. The number of carbonyl (C=O) groups is 1. The normalized spacial score (nSPS) is 22.6. The molecule has 1 spiro atoms. The molecule has 2 N–H and O–H groups in total. The van der Waals surface area contributed by atoms with Crippen LogP contribution in [0.2, 0.25) is 0 Å². The summed E-state index contributed by atoms with van der Waals surface area (Å²) in [7, 11) is 0. The smallest absolute Gasteiger partial charge is 0.410 e. The molecular weight excluding hydrogens is 538 g/mol. The molecular formula is C30H37N7O3S. The Morgan fingerprint density at radius 2 is 2.02 bits per heavy atom. The summed E-state index contributed by atoms with van der Waals surface area (Å²) in [6, 6.07) is 4.26. The molecule has 0 unspecified atom stereocenters. The predicted octanol–water partition coefficient (Wildman–Crippen LogP) is 5.44. The maximum atomic E-state index is 12.8. The predicted molar refractivity (Wildman–Crippen MR) is 157 cm³/mol. The lowest BCUT2D eigenvalue weighted by Crippen LogP contribution is -2.43. The van der Waals surface area contributed by atoms with Crippen LogP contribution >= 0.6 is 11.3 Å². The number of amides is 1. The minimum atomic E-state index is -0.538. The van der Waals surface area contributed by atoms with Crippen molar-refractivity contribution in [1.29, 1.82) is 5.26 Å². The molecule has 3 aromatic rings. The maximum Gasteiger partial charge on any atom is 0.410 e. The standard InChI is InChI=1S/C30H37N7O3S/c1-18-17-36(28(38)39-29(2,3)4)14-7-15-37(18)27-33-13-10-21(34-27)24-19-8-5-11-30(25(19)35-40-24)12-6-9-22-23(30)20(16-31)26(32)41-22/h10,13,18H,5-9,11-12,14-15,17,32H2,1-4H3/t18-,30-/m0/s1. The summed E-state index contributed by atoms with van der Waals surface area (Å²) in [6.45, 7) is 9.59. The van der Waals surface area contributed by atoms with Gasteiger partial charge in [0.1, 0.15) is 22.4 Å². The van der Waals surface area contributed by atoms with E-state index in [2.05, 4.69) is 28.0 Å². The van der Waals surface area contributed by atoms with Crippen LogP contribution in [-0.4, -0.2) is 57.4 Å². The first-order valence-corrected chi connectivity index (χ1v) is 15.3. The Morgan fingerprint density at radius 1 is 1.24 bits per heavy atom. The van der Waals surface area contributed by atoms with Crippen molar-refractivity contribution in [1.82, 2.24) is 20.0 Å². The van der Waals surface area contributed by atoms with Crippen molar-refractivity contribution in [3.8, 4) is 17.5 Å².